The van der Waals surface area contributed by atoms with E-state index in [0.717, 1.165) is 37.4 Å². The van der Waals surface area contributed by atoms with Crippen LogP contribution in [0.3, 0.4) is 0 Å². The van der Waals surface area contributed by atoms with Gasteiger partial charge in [-0.25, -0.2) is 4.79 Å². The molecule has 1 amide bonds. The Kier molecular flexibility index (Phi) is 8.01. The molecule has 7 nitrogen and oxygen atoms in total. The maximum atomic E-state index is 13.2. The molecule has 2 heterocycles. The molecule has 2 aromatic rings. The molecule has 1 N–H and O–H groups in total. The number of amides is 1. The Labute approximate surface area is 199 Å². The van der Waals surface area contributed by atoms with Gasteiger partial charge in [-0.2, -0.15) is 16.9 Å². The molecule has 8 heteroatoms. The summed E-state index contributed by atoms with van der Waals surface area (Å²) in [5.74, 6) is 1.74. The average molecular weight is 467 g/mol. The smallest absolute Gasteiger partial charge is 0.354 e. The van der Waals surface area contributed by atoms with Crippen molar-refractivity contribution in [3.05, 3.63) is 60.2 Å². The van der Waals surface area contributed by atoms with Crippen LogP contribution in [0.5, 0.6) is 0 Å². The molecule has 0 spiro atoms. The summed E-state index contributed by atoms with van der Waals surface area (Å²) in [6.45, 7) is 5.40. The molecule has 0 aliphatic carbocycles. The third-order valence-electron chi connectivity index (χ3n) is 5.79. The number of benzene rings is 2. The third-order valence-corrected chi connectivity index (χ3v) is 6.73. The number of nitrogens with one attached hydrogen (secondary N) is 1. The van der Waals surface area contributed by atoms with E-state index in [1.54, 1.807) is 11.9 Å². The third kappa shape index (κ3) is 6.15. The van der Waals surface area contributed by atoms with Crippen LogP contribution in [0.4, 0.5) is 11.4 Å². The largest absolute Gasteiger partial charge is 0.461 e. The minimum Gasteiger partial charge on any atom is -0.461 e. The van der Waals surface area contributed by atoms with Crippen LogP contribution in [-0.4, -0.2) is 66.3 Å². The van der Waals surface area contributed by atoms with Gasteiger partial charge in [0.1, 0.15) is 11.8 Å². The Bertz CT molecular complexity index is 975. The molecule has 0 radical (unpaired) electrons. The number of thioether (sulfide) groups is 1. The van der Waals surface area contributed by atoms with Gasteiger partial charge in [0.25, 0.3) is 0 Å². The minimum atomic E-state index is -0.622. The lowest BCUT2D eigenvalue weighted by molar-refractivity contribution is -0.135. The zero-order valence-electron chi connectivity index (χ0n) is 18.9. The van der Waals surface area contributed by atoms with E-state index in [-0.39, 0.29) is 24.6 Å². The number of hydrogen-bond donors (Lipinski definition) is 1. The van der Waals surface area contributed by atoms with Crippen LogP contribution in [-0.2, 0) is 20.7 Å². The molecule has 2 aliphatic heterocycles. The zero-order chi connectivity index (χ0) is 23.0. The molecule has 0 aromatic heterocycles. The number of para-hydroxylation sites is 1. The fourth-order valence-electron chi connectivity index (χ4n) is 3.96. The number of hydrogen-bond acceptors (Lipinski definition) is 7. The number of rotatable bonds is 8. The minimum absolute atomic E-state index is 0.200. The van der Waals surface area contributed by atoms with E-state index in [4.69, 9.17) is 4.74 Å². The number of carbonyl (C=O) groups excluding carboxylic acids is 2. The van der Waals surface area contributed by atoms with E-state index in [9.17, 15) is 9.59 Å². The maximum absolute atomic E-state index is 13.2. The van der Waals surface area contributed by atoms with Crippen LogP contribution in [0.1, 0.15) is 18.9 Å². The Hall–Kier alpha value is -2.84. The molecule has 174 valence electrons. The molecule has 2 aromatic carbocycles. The van der Waals surface area contributed by atoms with Gasteiger partial charge in [0.2, 0.25) is 5.91 Å². The van der Waals surface area contributed by atoms with Crippen molar-refractivity contribution < 1.29 is 14.3 Å². The summed E-state index contributed by atoms with van der Waals surface area (Å²) in [5.41, 5.74) is 3.00. The lowest BCUT2D eigenvalue weighted by Gasteiger charge is -2.26. The van der Waals surface area contributed by atoms with Crippen molar-refractivity contribution in [2.75, 3.05) is 48.1 Å². The first-order valence-electron chi connectivity index (χ1n) is 11.4. The Balaban J connectivity index is 1.39. The van der Waals surface area contributed by atoms with Crippen molar-refractivity contribution in [1.82, 2.24) is 4.90 Å². The van der Waals surface area contributed by atoms with Crippen LogP contribution in [0.2, 0.25) is 0 Å². The second-order valence-corrected chi connectivity index (χ2v) is 9.28. The summed E-state index contributed by atoms with van der Waals surface area (Å²) < 4.78 is 5.10. The lowest BCUT2D eigenvalue weighted by Crippen LogP contribution is -2.38. The average Bonchev–Trinajstić information content (AvgIpc) is 3.31. The van der Waals surface area contributed by atoms with E-state index in [0.29, 0.717) is 0 Å². The summed E-state index contributed by atoms with van der Waals surface area (Å²) in [7, 11) is 0. The van der Waals surface area contributed by atoms with E-state index in [1.807, 2.05) is 54.2 Å². The maximum Gasteiger partial charge on any atom is 0.354 e. The van der Waals surface area contributed by atoms with Crippen LogP contribution < -0.4 is 10.3 Å². The van der Waals surface area contributed by atoms with Gasteiger partial charge in [0, 0.05) is 43.2 Å². The highest BCUT2D eigenvalue weighted by Gasteiger charge is 2.36. The molecule has 33 heavy (non-hydrogen) atoms. The van der Waals surface area contributed by atoms with Crippen LogP contribution in [0, 0.1) is 0 Å². The standard InChI is InChI=1S/C25H30N4O3S/c1-2-32-25(31)22-18-23(29(27-22)21-6-4-3-5-7-21)24(30)26-20-10-8-19(9-11-20)12-13-28-14-16-33-17-15-28/h3-11,23H,2,12-18H2,1H3,(H,26,30). The van der Waals surface area contributed by atoms with Crippen molar-refractivity contribution in [2.24, 2.45) is 5.10 Å². The van der Waals surface area contributed by atoms with Gasteiger partial charge >= 0.3 is 5.97 Å². The Morgan fingerprint density at radius 2 is 1.82 bits per heavy atom. The number of carbonyl (C=O) groups is 2. The van der Waals surface area contributed by atoms with Gasteiger partial charge in [0.15, 0.2) is 0 Å². The van der Waals surface area contributed by atoms with Crippen molar-refractivity contribution in [3.8, 4) is 0 Å². The summed E-state index contributed by atoms with van der Waals surface area (Å²) in [4.78, 5) is 27.9. The second-order valence-electron chi connectivity index (χ2n) is 8.06. The van der Waals surface area contributed by atoms with Gasteiger partial charge in [0.05, 0.1) is 12.3 Å². The Morgan fingerprint density at radius 3 is 2.52 bits per heavy atom. The van der Waals surface area contributed by atoms with E-state index < -0.39 is 12.0 Å². The summed E-state index contributed by atoms with van der Waals surface area (Å²) in [6, 6.07) is 16.8. The fourth-order valence-corrected chi connectivity index (χ4v) is 4.94. The SMILES string of the molecule is CCOC(=O)C1=NN(c2ccccc2)C(C(=O)Nc2ccc(CCN3CCSCC3)cc2)C1. The van der Waals surface area contributed by atoms with Crippen molar-refractivity contribution in [2.45, 2.75) is 25.8 Å². The molecular weight excluding hydrogens is 436 g/mol. The highest BCUT2D eigenvalue weighted by Crippen LogP contribution is 2.26. The van der Waals surface area contributed by atoms with Gasteiger partial charge in [-0.1, -0.05) is 30.3 Å². The van der Waals surface area contributed by atoms with Gasteiger partial charge < -0.3 is 15.0 Å². The first-order chi connectivity index (χ1) is 16.1. The second kappa shape index (κ2) is 11.3. The van der Waals surface area contributed by atoms with Crippen LogP contribution >= 0.6 is 11.8 Å². The lowest BCUT2D eigenvalue weighted by atomic mass is 10.1. The van der Waals surface area contributed by atoms with Gasteiger partial charge in [-0.3, -0.25) is 9.80 Å². The van der Waals surface area contributed by atoms with Crippen molar-refractivity contribution in [3.63, 3.8) is 0 Å². The summed E-state index contributed by atoms with van der Waals surface area (Å²) in [5, 5.41) is 9.00. The zero-order valence-corrected chi connectivity index (χ0v) is 19.7. The molecule has 0 bridgehead atoms. The molecule has 1 atom stereocenters. The molecule has 0 saturated carbocycles. The summed E-state index contributed by atoms with van der Waals surface area (Å²) >= 11 is 2.02. The molecule has 1 saturated heterocycles. The van der Waals surface area contributed by atoms with E-state index in [1.165, 1.54) is 17.1 Å². The monoisotopic (exact) mass is 466 g/mol. The van der Waals surface area contributed by atoms with Gasteiger partial charge in [-0.15, -0.1) is 0 Å². The van der Waals surface area contributed by atoms with E-state index in [2.05, 4.69) is 27.5 Å². The van der Waals surface area contributed by atoms with Crippen molar-refractivity contribution in [1.29, 1.82) is 0 Å². The quantitative estimate of drug-likeness (QED) is 0.601. The number of nitrogens with zero attached hydrogens (tertiary/aromatic N) is 3. The molecule has 2 aliphatic rings. The van der Waals surface area contributed by atoms with E-state index >= 15 is 0 Å². The highest BCUT2D eigenvalue weighted by atomic mass is 32.2. The number of hydrazone groups is 1. The normalized spacial score (nSPS) is 18.6. The molecule has 1 fully saturated rings. The predicted octanol–water partition coefficient (Wildman–Crippen LogP) is 3.41. The number of anilines is 2. The first kappa shape index (κ1) is 23.3. The van der Waals surface area contributed by atoms with Crippen LogP contribution in [0.15, 0.2) is 59.7 Å². The van der Waals surface area contributed by atoms with Crippen LogP contribution in [0.25, 0.3) is 0 Å². The predicted molar refractivity (Wildman–Crippen MR) is 134 cm³/mol. The molecule has 4 rings (SSSR count). The first-order valence-corrected chi connectivity index (χ1v) is 12.6. The van der Waals surface area contributed by atoms with Crippen molar-refractivity contribution >= 4 is 40.7 Å². The highest BCUT2D eigenvalue weighted by molar-refractivity contribution is 7.99. The number of esters is 1. The summed E-state index contributed by atoms with van der Waals surface area (Å²) in [6.07, 6.45) is 1.20. The number of ether oxygens (including phenoxy) is 1. The topological polar surface area (TPSA) is 74.2 Å². The fraction of sp³-hybridized carbons (Fsp3) is 0.400. The molecule has 1 unspecified atom stereocenters. The van der Waals surface area contributed by atoms with Gasteiger partial charge in [-0.05, 0) is 43.2 Å². The molecular formula is C25H30N4O3S. The Morgan fingerprint density at radius 1 is 1.09 bits per heavy atom.